The van der Waals surface area contributed by atoms with E-state index in [1.807, 2.05) is 5.38 Å². The predicted molar refractivity (Wildman–Crippen MR) is 106 cm³/mol. The van der Waals surface area contributed by atoms with E-state index in [0.29, 0.717) is 11.4 Å². The Balaban J connectivity index is 1.72. The second-order valence-corrected chi connectivity index (χ2v) is 8.80. The van der Waals surface area contributed by atoms with E-state index in [0.717, 1.165) is 4.47 Å². The van der Waals surface area contributed by atoms with Crippen LogP contribution in [-0.2, 0) is 14.6 Å². The highest BCUT2D eigenvalue weighted by atomic mass is 79.9. The molecule has 0 saturated carbocycles. The van der Waals surface area contributed by atoms with Gasteiger partial charge < -0.3 is 5.32 Å². The summed E-state index contributed by atoms with van der Waals surface area (Å²) in [6.45, 7) is 0. The Labute approximate surface area is 163 Å². The number of sulfone groups is 1. The number of halogens is 1. The highest BCUT2D eigenvalue weighted by Crippen LogP contribution is 2.23. The van der Waals surface area contributed by atoms with Crippen molar-refractivity contribution in [1.82, 2.24) is 4.98 Å². The fourth-order valence-electron chi connectivity index (χ4n) is 2.12. The molecule has 8 heteroatoms. The standard InChI is InChI=1S/C18H13BrN2O3S2/c19-13-1-6-16(7-2-13)26(23,24)17-8-3-14(4-9-17)21-18(22)10-5-15-11-25-12-20-15/h1-12H,(H,21,22). The zero-order valence-corrected chi connectivity index (χ0v) is 16.5. The van der Waals surface area contributed by atoms with Gasteiger partial charge in [0.05, 0.1) is 21.0 Å². The molecule has 1 N–H and O–H groups in total. The topological polar surface area (TPSA) is 76.1 Å². The minimum atomic E-state index is -3.60. The fourth-order valence-corrected chi connectivity index (χ4v) is 4.16. The Morgan fingerprint density at radius 2 is 1.65 bits per heavy atom. The molecule has 0 radical (unpaired) electrons. The third-order valence-corrected chi connectivity index (χ3v) is 6.33. The van der Waals surface area contributed by atoms with Gasteiger partial charge in [-0.05, 0) is 54.6 Å². The van der Waals surface area contributed by atoms with Gasteiger partial charge in [0, 0.05) is 21.6 Å². The number of carbonyl (C=O) groups is 1. The maximum absolute atomic E-state index is 12.6. The van der Waals surface area contributed by atoms with Crippen molar-refractivity contribution in [2.24, 2.45) is 0 Å². The van der Waals surface area contributed by atoms with Crippen molar-refractivity contribution < 1.29 is 13.2 Å². The Morgan fingerprint density at radius 1 is 1.04 bits per heavy atom. The first-order valence-corrected chi connectivity index (χ1v) is 10.6. The molecule has 132 valence electrons. The lowest BCUT2D eigenvalue weighted by Crippen LogP contribution is -2.08. The largest absolute Gasteiger partial charge is 0.323 e. The first-order chi connectivity index (χ1) is 12.4. The van der Waals surface area contributed by atoms with Gasteiger partial charge in [-0.2, -0.15) is 0 Å². The average molecular weight is 449 g/mol. The van der Waals surface area contributed by atoms with Crippen LogP contribution in [0.1, 0.15) is 5.69 Å². The van der Waals surface area contributed by atoms with Crippen molar-refractivity contribution in [2.75, 3.05) is 5.32 Å². The lowest BCUT2D eigenvalue weighted by Gasteiger charge is -2.07. The number of amides is 1. The van der Waals surface area contributed by atoms with E-state index in [-0.39, 0.29) is 15.7 Å². The molecule has 0 aliphatic heterocycles. The van der Waals surface area contributed by atoms with Gasteiger partial charge in [0.1, 0.15) is 0 Å². The summed E-state index contributed by atoms with van der Waals surface area (Å²) in [6, 6.07) is 12.5. The summed E-state index contributed by atoms with van der Waals surface area (Å²) in [6.07, 6.45) is 2.99. The summed E-state index contributed by atoms with van der Waals surface area (Å²) in [4.78, 5) is 16.3. The maximum Gasteiger partial charge on any atom is 0.248 e. The van der Waals surface area contributed by atoms with Gasteiger partial charge in [-0.3, -0.25) is 4.79 Å². The second-order valence-electron chi connectivity index (χ2n) is 5.22. The van der Waals surface area contributed by atoms with Crippen LogP contribution in [0.15, 0.2) is 79.8 Å². The third kappa shape index (κ3) is 4.46. The number of hydrogen-bond acceptors (Lipinski definition) is 5. The number of nitrogens with one attached hydrogen (secondary N) is 1. The minimum absolute atomic E-state index is 0.163. The number of benzene rings is 2. The van der Waals surface area contributed by atoms with Crippen LogP contribution >= 0.6 is 27.3 Å². The number of anilines is 1. The molecule has 5 nitrogen and oxygen atoms in total. The van der Waals surface area contributed by atoms with E-state index >= 15 is 0 Å². The minimum Gasteiger partial charge on any atom is -0.323 e. The molecule has 2 aromatic carbocycles. The van der Waals surface area contributed by atoms with Crippen LogP contribution in [0.3, 0.4) is 0 Å². The van der Waals surface area contributed by atoms with Gasteiger partial charge in [-0.25, -0.2) is 13.4 Å². The molecule has 1 aromatic heterocycles. The predicted octanol–water partition coefficient (Wildman–Crippen LogP) is 4.39. The van der Waals surface area contributed by atoms with E-state index in [1.165, 1.54) is 29.5 Å². The molecule has 1 amide bonds. The van der Waals surface area contributed by atoms with Crippen LogP contribution < -0.4 is 5.32 Å². The second kappa shape index (κ2) is 7.94. The Morgan fingerprint density at radius 3 is 2.23 bits per heavy atom. The van der Waals surface area contributed by atoms with Crippen LogP contribution in [0.4, 0.5) is 5.69 Å². The number of thiazole rings is 1. The third-order valence-electron chi connectivity index (χ3n) is 3.41. The van der Waals surface area contributed by atoms with Gasteiger partial charge in [0.2, 0.25) is 15.7 Å². The van der Waals surface area contributed by atoms with Crippen LogP contribution in [0.5, 0.6) is 0 Å². The molecule has 0 saturated heterocycles. The Kier molecular flexibility index (Phi) is 5.65. The van der Waals surface area contributed by atoms with Crippen LogP contribution in [0, 0.1) is 0 Å². The monoisotopic (exact) mass is 448 g/mol. The van der Waals surface area contributed by atoms with Crippen molar-refractivity contribution in [2.45, 2.75) is 9.79 Å². The molecular formula is C18H13BrN2O3S2. The smallest absolute Gasteiger partial charge is 0.248 e. The lowest BCUT2D eigenvalue weighted by atomic mass is 10.3. The summed E-state index contributed by atoms with van der Waals surface area (Å²) in [5.41, 5.74) is 2.90. The molecule has 3 rings (SSSR count). The summed E-state index contributed by atoms with van der Waals surface area (Å²) in [5, 5.41) is 4.50. The number of hydrogen-bond donors (Lipinski definition) is 1. The zero-order valence-electron chi connectivity index (χ0n) is 13.3. The Hall–Kier alpha value is -2.29. The van der Waals surface area contributed by atoms with Crippen LogP contribution in [-0.4, -0.2) is 19.3 Å². The summed E-state index contributed by atoms with van der Waals surface area (Å²) in [5.74, 6) is -0.318. The zero-order chi connectivity index (χ0) is 18.6. The molecule has 26 heavy (non-hydrogen) atoms. The molecule has 0 aliphatic carbocycles. The van der Waals surface area contributed by atoms with Crippen molar-refractivity contribution >= 4 is 54.8 Å². The van der Waals surface area contributed by atoms with Gasteiger partial charge in [-0.1, -0.05) is 15.9 Å². The van der Waals surface area contributed by atoms with Crippen molar-refractivity contribution in [3.05, 3.63) is 75.7 Å². The van der Waals surface area contributed by atoms with Gasteiger partial charge in [0.15, 0.2) is 0 Å². The first-order valence-electron chi connectivity index (χ1n) is 7.43. The van der Waals surface area contributed by atoms with E-state index in [4.69, 9.17) is 0 Å². The van der Waals surface area contributed by atoms with Crippen LogP contribution in [0.25, 0.3) is 6.08 Å². The molecule has 0 bridgehead atoms. The van der Waals surface area contributed by atoms with E-state index in [9.17, 15) is 13.2 Å². The number of nitrogens with zero attached hydrogens (tertiary/aromatic N) is 1. The number of carbonyl (C=O) groups excluding carboxylic acids is 1. The molecule has 0 atom stereocenters. The highest BCUT2D eigenvalue weighted by Gasteiger charge is 2.17. The van der Waals surface area contributed by atoms with Crippen molar-refractivity contribution in [3.63, 3.8) is 0 Å². The summed E-state index contributed by atoms with van der Waals surface area (Å²) < 4.78 is 26.0. The van der Waals surface area contributed by atoms with Crippen molar-refractivity contribution in [3.8, 4) is 0 Å². The Bertz CT molecular complexity index is 1030. The van der Waals surface area contributed by atoms with E-state index < -0.39 is 9.84 Å². The van der Waals surface area contributed by atoms with Gasteiger partial charge in [0.25, 0.3) is 0 Å². The van der Waals surface area contributed by atoms with Crippen LogP contribution in [0.2, 0.25) is 0 Å². The fraction of sp³-hybridized carbons (Fsp3) is 0. The molecule has 1 heterocycles. The van der Waals surface area contributed by atoms with Crippen molar-refractivity contribution in [1.29, 1.82) is 0 Å². The van der Waals surface area contributed by atoms with E-state index in [1.54, 1.807) is 48.0 Å². The lowest BCUT2D eigenvalue weighted by molar-refractivity contribution is -0.111. The molecule has 0 fully saturated rings. The summed E-state index contributed by atoms with van der Waals surface area (Å²) in [7, 11) is -3.60. The van der Waals surface area contributed by atoms with E-state index in [2.05, 4.69) is 26.2 Å². The van der Waals surface area contributed by atoms with Gasteiger partial charge >= 0.3 is 0 Å². The van der Waals surface area contributed by atoms with Gasteiger partial charge in [-0.15, -0.1) is 11.3 Å². The first kappa shape index (κ1) is 18.5. The number of aromatic nitrogens is 1. The molecule has 0 unspecified atom stereocenters. The molecule has 0 aliphatic rings. The molecular weight excluding hydrogens is 436 g/mol. The summed E-state index contributed by atoms with van der Waals surface area (Å²) >= 11 is 4.73. The SMILES string of the molecule is O=C(C=Cc1cscn1)Nc1ccc(S(=O)(=O)c2ccc(Br)cc2)cc1. The highest BCUT2D eigenvalue weighted by molar-refractivity contribution is 9.10. The molecule has 0 spiro atoms. The normalized spacial score (nSPS) is 11.6. The quantitative estimate of drug-likeness (QED) is 0.587. The number of rotatable bonds is 5. The average Bonchev–Trinajstić information content (AvgIpc) is 3.14. The molecule has 3 aromatic rings. The maximum atomic E-state index is 12.6.